The quantitative estimate of drug-likeness (QED) is 0.757. The number of benzene rings is 1. The fourth-order valence-corrected chi connectivity index (χ4v) is 5.92. The second-order valence-corrected chi connectivity index (χ2v) is 9.98. The van der Waals surface area contributed by atoms with E-state index >= 15 is 0 Å². The number of hydrogen-bond donors (Lipinski definition) is 0. The van der Waals surface area contributed by atoms with Gasteiger partial charge in [0.25, 0.3) is 0 Å². The van der Waals surface area contributed by atoms with E-state index in [-0.39, 0.29) is 23.5 Å². The van der Waals surface area contributed by atoms with Crippen LogP contribution in [0.2, 0.25) is 0 Å². The number of likely N-dealkylation sites (tertiary alicyclic amines) is 1. The average Bonchev–Trinajstić information content (AvgIpc) is 2.53. The monoisotopic (exact) mass is 413 g/mol. The van der Waals surface area contributed by atoms with Crippen LogP contribution in [0.15, 0.2) is 28.7 Å². The van der Waals surface area contributed by atoms with Gasteiger partial charge in [-0.05, 0) is 49.3 Å². The number of rotatable bonds is 4. The van der Waals surface area contributed by atoms with Crippen molar-refractivity contribution in [1.82, 2.24) is 4.90 Å². The Kier molecular flexibility index (Phi) is 5.65. The molecule has 2 aliphatic rings. The second kappa shape index (κ2) is 7.56. The number of amides is 1. The largest absolute Gasteiger partial charge is 0.339 e. The Hall–Kier alpha value is -0.880. The number of halogens is 1. The van der Waals surface area contributed by atoms with Gasteiger partial charge in [-0.3, -0.25) is 4.79 Å². The minimum atomic E-state index is -3.45. The number of sulfone groups is 1. The predicted octanol–water partition coefficient (Wildman–Crippen LogP) is 3.55. The molecule has 132 valence electrons. The highest BCUT2D eigenvalue weighted by Crippen LogP contribution is 2.35. The summed E-state index contributed by atoms with van der Waals surface area (Å²) in [4.78, 5) is 14.5. The van der Waals surface area contributed by atoms with Gasteiger partial charge in [0.05, 0.1) is 5.75 Å². The fourth-order valence-electron chi connectivity index (χ4n) is 4.14. The molecule has 24 heavy (non-hydrogen) atoms. The summed E-state index contributed by atoms with van der Waals surface area (Å²) in [5, 5.41) is 0. The van der Waals surface area contributed by atoms with E-state index in [2.05, 4.69) is 15.9 Å². The van der Waals surface area contributed by atoms with Crippen LogP contribution in [0, 0.1) is 5.92 Å². The molecule has 1 aromatic rings. The van der Waals surface area contributed by atoms with Crippen LogP contribution in [0.5, 0.6) is 0 Å². The molecular formula is C18H24BrNO3S. The lowest BCUT2D eigenvalue weighted by molar-refractivity contribution is -0.134. The highest BCUT2D eigenvalue weighted by Gasteiger charge is 2.36. The van der Waals surface area contributed by atoms with Crippen LogP contribution in [-0.4, -0.2) is 37.6 Å². The van der Waals surface area contributed by atoms with Crippen molar-refractivity contribution in [3.05, 3.63) is 34.3 Å². The first-order chi connectivity index (χ1) is 11.4. The van der Waals surface area contributed by atoms with E-state index in [1.165, 1.54) is 19.3 Å². The summed E-state index contributed by atoms with van der Waals surface area (Å²) in [5.74, 6) is -0.0890. The van der Waals surface area contributed by atoms with Gasteiger partial charge in [-0.25, -0.2) is 8.42 Å². The minimum absolute atomic E-state index is 0.0832. The van der Waals surface area contributed by atoms with Gasteiger partial charge in [0, 0.05) is 17.1 Å². The first-order valence-corrected chi connectivity index (χ1v) is 11.3. The smallest absolute Gasteiger partial charge is 0.238 e. The van der Waals surface area contributed by atoms with Crippen LogP contribution in [0.25, 0.3) is 0 Å². The lowest BCUT2D eigenvalue weighted by Gasteiger charge is -2.44. The first-order valence-electron chi connectivity index (χ1n) is 8.69. The molecule has 0 bridgehead atoms. The van der Waals surface area contributed by atoms with Gasteiger partial charge in [-0.15, -0.1) is 0 Å². The molecule has 0 radical (unpaired) electrons. The molecule has 6 heteroatoms. The third-order valence-corrected chi connectivity index (χ3v) is 7.14. The van der Waals surface area contributed by atoms with Gasteiger partial charge in [0.2, 0.25) is 5.91 Å². The molecule has 1 aliphatic heterocycles. The summed E-state index contributed by atoms with van der Waals surface area (Å²) in [5.41, 5.74) is 0.714. The Labute approximate surface area is 152 Å². The van der Waals surface area contributed by atoms with Gasteiger partial charge < -0.3 is 4.90 Å². The van der Waals surface area contributed by atoms with Crippen LogP contribution < -0.4 is 0 Å². The normalized spacial score (nSPS) is 24.5. The molecule has 1 saturated carbocycles. The SMILES string of the molecule is O=C(CS(=O)(=O)Cc1cccc(Br)c1)N1CCCC2CCCCC21. The second-order valence-electron chi connectivity index (χ2n) is 7.00. The van der Waals surface area contributed by atoms with Crippen LogP contribution in [0.4, 0.5) is 0 Å². The van der Waals surface area contributed by atoms with E-state index in [0.717, 1.165) is 23.7 Å². The number of nitrogens with zero attached hydrogens (tertiary/aromatic N) is 1. The lowest BCUT2D eigenvalue weighted by Crippen LogP contribution is -2.51. The molecule has 0 spiro atoms. The molecule has 0 N–H and O–H groups in total. The molecule has 3 rings (SSSR count). The van der Waals surface area contributed by atoms with E-state index in [4.69, 9.17) is 0 Å². The summed E-state index contributed by atoms with van der Waals surface area (Å²) >= 11 is 3.35. The van der Waals surface area contributed by atoms with Gasteiger partial charge in [0.15, 0.2) is 9.84 Å². The maximum atomic E-state index is 12.7. The van der Waals surface area contributed by atoms with Crippen molar-refractivity contribution in [2.75, 3.05) is 12.3 Å². The van der Waals surface area contributed by atoms with Gasteiger partial charge in [-0.1, -0.05) is 40.9 Å². The summed E-state index contributed by atoms with van der Waals surface area (Å²) in [6.07, 6.45) is 6.78. The highest BCUT2D eigenvalue weighted by molar-refractivity contribution is 9.10. The number of fused-ring (bicyclic) bond motifs is 1. The zero-order valence-corrected chi connectivity index (χ0v) is 16.2. The third-order valence-electron chi connectivity index (χ3n) is 5.18. The van der Waals surface area contributed by atoms with Crippen molar-refractivity contribution in [3.8, 4) is 0 Å². The van der Waals surface area contributed by atoms with E-state index < -0.39 is 9.84 Å². The van der Waals surface area contributed by atoms with E-state index in [1.54, 1.807) is 12.1 Å². The van der Waals surface area contributed by atoms with E-state index in [9.17, 15) is 13.2 Å². The van der Waals surface area contributed by atoms with Gasteiger partial charge >= 0.3 is 0 Å². The number of carbonyl (C=O) groups excluding carboxylic acids is 1. The molecular weight excluding hydrogens is 390 g/mol. The molecule has 1 aromatic carbocycles. The molecule has 2 unspecified atom stereocenters. The predicted molar refractivity (Wildman–Crippen MR) is 98.3 cm³/mol. The van der Waals surface area contributed by atoms with Crippen molar-refractivity contribution < 1.29 is 13.2 Å². The van der Waals surface area contributed by atoms with Crippen LogP contribution >= 0.6 is 15.9 Å². The third kappa shape index (κ3) is 4.39. The Morgan fingerprint density at radius 3 is 2.71 bits per heavy atom. The highest BCUT2D eigenvalue weighted by atomic mass is 79.9. The molecule has 1 aliphatic carbocycles. The van der Waals surface area contributed by atoms with Gasteiger partial charge in [-0.2, -0.15) is 0 Å². The zero-order valence-electron chi connectivity index (χ0n) is 13.8. The molecule has 2 atom stereocenters. The van der Waals surface area contributed by atoms with Crippen molar-refractivity contribution in [3.63, 3.8) is 0 Å². The topological polar surface area (TPSA) is 54.5 Å². The van der Waals surface area contributed by atoms with Crippen LogP contribution in [0.3, 0.4) is 0 Å². The van der Waals surface area contributed by atoms with Crippen LogP contribution in [0.1, 0.15) is 44.1 Å². The van der Waals surface area contributed by atoms with Crippen molar-refractivity contribution in [1.29, 1.82) is 0 Å². The van der Waals surface area contributed by atoms with E-state index in [0.29, 0.717) is 18.0 Å². The molecule has 1 heterocycles. The molecule has 4 nitrogen and oxygen atoms in total. The zero-order chi connectivity index (χ0) is 17.2. The standard InChI is InChI=1S/C18H24BrNO3S/c19-16-8-3-5-14(11-16)12-24(22,23)13-18(21)20-10-4-7-15-6-1-2-9-17(15)20/h3,5,8,11,15,17H,1-2,4,6-7,9-10,12-13H2. The maximum absolute atomic E-state index is 12.7. The molecule has 1 amide bonds. The van der Waals surface area contributed by atoms with Crippen molar-refractivity contribution in [2.45, 2.75) is 50.3 Å². The minimum Gasteiger partial charge on any atom is -0.339 e. The number of piperidine rings is 1. The van der Waals surface area contributed by atoms with Gasteiger partial charge in [0.1, 0.15) is 5.75 Å². The first kappa shape index (κ1) is 17.9. The van der Waals surface area contributed by atoms with Crippen LogP contribution in [-0.2, 0) is 20.4 Å². The molecule has 1 saturated heterocycles. The average molecular weight is 414 g/mol. The summed E-state index contributed by atoms with van der Waals surface area (Å²) in [6, 6.07) is 7.51. The van der Waals surface area contributed by atoms with E-state index in [1.807, 2.05) is 17.0 Å². The number of hydrogen-bond acceptors (Lipinski definition) is 3. The Morgan fingerprint density at radius 1 is 1.17 bits per heavy atom. The van der Waals surface area contributed by atoms with Crippen molar-refractivity contribution in [2.24, 2.45) is 5.92 Å². The fraction of sp³-hybridized carbons (Fsp3) is 0.611. The van der Waals surface area contributed by atoms with Crippen molar-refractivity contribution >= 4 is 31.7 Å². The maximum Gasteiger partial charge on any atom is 0.238 e. The number of carbonyl (C=O) groups is 1. The molecule has 2 fully saturated rings. The Balaban J connectivity index is 1.66. The Bertz CT molecular complexity index is 702. The summed E-state index contributed by atoms with van der Waals surface area (Å²) in [6.45, 7) is 0.715. The summed E-state index contributed by atoms with van der Waals surface area (Å²) < 4.78 is 25.8. The Morgan fingerprint density at radius 2 is 1.92 bits per heavy atom. The summed E-state index contributed by atoms with van der Waals surface area (Å²) in [7, 11) is -3.45. The lowest BCUT2D eigenvalue weighted by atomic mass is 9.78. The molecule has 0 aromatic heterocycles.